The van der Waals surface area contributed by atoms with Crippen molar-refractivity contribution in [3.05, 3.63) is 41.7 Å². The summed E-state index contributed by atoms with van der Waals surface area (Å²) in [6.07, 6.45) is 5.19. The van der Waals surface area contributed by atoms with Crippen LogP contribution in [0.4, 0.5) is 0 Å². The number of hydrogen-bond acceptors (Lipinski definition) is 4. The van der Waals surface area contributed by atoms with Gasteiger partial charge in [-0.3, -0.25) is 0 Å². The van der Waals surface area contributed by atoms with Gasteiger partial charge in [0.25, 0.3) is 0 Å². The van der Waals surface area contributed by atoms with Crippen LogP contribution >= 0.6 is 11.8 Å². The molecule has 0 radical (unpaired) electrons. The molecule has 0 spiro atoms. The van der Waals surface area contributed by atoms with Gasteiger partial charge in [0.1, 0.15) is 0 Å². The van der Waals surface area contributed by atoms with E-state index in [1.807, 2.05) is 18.0 Å². The summed E-state index contributed by atoms with van der Waals surface area (Å²) in [6.45, 7) is 2.93. The standard InChI is InChI=1S/C17H21N3S/c1-2-21-15-6-4-13(5-7-15)17-19-11-14-9-12(10-18)3-8-16(14)20-17/h4-7,11-12H,2-3,8-10,18H2,1H3. The second kappa shape index (κ2) is 6.58. The zero-order valence-electron chi connectivity index (χ0n) is 12.4. The average Bonchev–Trinajstić information content (AvgIpc) is 2.55. The van der Waals surface area contributed by atoms with Crippen LogP contribution in [0.2, 0.25) is 0 Å². The highest BCUT2D eigenvalue weighted by Crippen LogP contribution is 2.26. The maximum atomic E-state index is 5.78. The molecule has 0 amide bonds. The van der Waals surface area contributed by atoms with Gasteiger partial charge in [-0.25, -0.2) is 9.97 Å². The third-order valence-electron chi connectivity index (χ3n) is 4.01. The van der Waals surface area contributed by atoms with Crippen molar-refractivity contribution in [1.82, 2.24) is 9.97 Å². The number of aryl methyl sites for hydroxylation is 1. The van der Waals surface area contributed by atoms with E-state index >= 15 is 0 Å². The van der Waals surface area contributed by atoms with Crippen molar-refractivity contribution in [2.45, 2.75) is 31.1 Å². The normalized spacial score (nSPS) is 17.5. The third kappa shape index (κ3) is 3.27. The molecule has 1 unspecified atom stereocenters. The Kier molecular flexibility index (Phi) is 4.56. The minimum atomic E-state index is 0.595. The van der Waals surface area contributed by atoms with Crippen molar-refractivity contribution in [3.8, 4) is 11.4 Å². The van der Waals surface area contributed by atoms with Gasteiger partial charge in [0, 0.05) is 22.3 Å². The van der Waals surface area contributed by atoms with E-state index in [2.05, 4.69) is 36.2 Å². The summed E-state index contributed by atoms with van der Waals surface area (Å²) in [5.41, 5.74) is 9.36. The lowest BCUT2D eigenvalue weighted by Crippen LogP contribution is -2.23. The molecule has 1 aliphatic carbocycles. The molecule has 1 aliphatic rings. The van der Waals surface area contributed by atoms with Gasteiger partial charge >= 0.3 is 0 Å². The highest BCUT2D eigenvalue weighted by molar-refractivity contribution is 7.99. The Morgan fingerprint density at radius 3 is 2.81 bits per heavy atom. The lowest BCUT2D eigenvalue weighted by Gasteiger charge is -2.22. The van der Waals surface area contributed by atoms with E-state index in [9.17, 15) is 0 Å². The van der Waals surface area contributed by atoms with Crippen LogP contribution in [-0.2, 0) is 12.8 Å². The van der Waals surface area contributed by atoms with Crippen LogP contribution in [-0.4, -0.2) is 22.3 Å². The molecule has 1 aromatic heterocycles. The Hall–Kier alpha value is -1.39. The minimum absolute atomic E-state index is 0.595. The van der Waals surface area contributed by atoms with E-state index in [1.54, 1.807) is 0 Å². The number of benzene rings is 1. The Morgan fingerprint density at radius 2 is 2.10 bits per heavy atom. The highest BCUT2D eigenvalue weighted by Gasteiger charge is 2.19. The molecule has 3 nitrogen and oxygen atoms in total. The molecule has 0 bridgehead atoms. The molecule has 2 N–H and O–H groups in total. The Morgan fingerprint density at radius 1 is 1.29 bits per heavy atom. The first-order chi connectivity index (χ1) is 10.3. The zero-order valence-corrected chi connectivity index (χ0v) is 13.2. The second-order valence-electron chi connectivity index (χ2n) is 5.47. The maximum absolute atomic E-state index is 5.78. The molecule has 0 aliphatic heterocycles. The Bertz CT molecular complexity index is 610. The van der Waals surface area contributed by atoms with Crippen molar-refractivity contribution in [3.63, 3.8) is 0 Å². The number of nitrogens with two attached hydrogens (primary N) is 1. The van der Waals surface area contributed by atoms with E-state index in [1.165, 1.54) is 16.2 Å². The number of rotatable bonds is 4. The molecule has 2 aromatic rings. The molecule has 0 saturated carbocycles. The van der Waals surface area contributed by atoms with Crippen LogP contribution in [0.25, 0.3) is 11.4 Å². The van der Waals surface area contributed by atoms with Crippen LogP contribution in [0.3, 0.4) is 0 Å². The van der Waals surface area contributed by atoms with Gasteiger partial charge in [-0.05, 0) is 55.2 Å². The molecule has 0 fully saturated rings. The molecular formula is C17H21N3S. The molecule has 110 valence electrons. The minimum Gasteiger partial charge on any atom is -0.330 e. The van der Waals surface area contributed by atoms with Gasteiger partial charge in [-0.1, -0.05) is 19.1 Å². The average molecular weight is 299 g/mol. The van der Waals surface area contributed by atoms with Crippen LogP contribution in [0, 0.1) is 5.92 Å². The van der Waals surface area contributed by atoms with Gasteiger partial charge in [-0.2, -0.15) is 0 Å². The topological polar surface area (TPSA) is 51.8 Å². The number of thioether (sulfide) groups is 1. The second-order valence-corrected chi connectivity index (χ2v) is 6.80. The summed E-state index contributed by atoms with van der Waals surface area (Å²) in [4.78, 5) is 10.6. The quantitative estimate of drug-likeness (QED) is 0.880. The highest BCUT2D eigenvalue weighted by atomic mass is 32.2. The van der Waals surface area contributed by atoms with E-state index in [-0.39, 0.29) is 0 Å². The first kappa shape index (κ1) is 14.5. The summed E-state index contributed by atoms with van der Waals surface area (Å²) in [6, 6.07) is 8.53. The van der Waals surface area contributed by atoms with Gasteiger partial charge in [0.2, 0.25) is 0 Å². The molecule has 21 heavy (non-hydrogen) atoms. The number of hydrogen-bond donors (Lipinski definition) is 1. The fraction of sp³-hybridized carbons (Fsp3) is 0.412. The van der Waals surface area contributed by atoms with Gasteiger partial charge in [-0.15, -0.1) is 11.8 Å². The SMILES string of the molecule is CCSc1ccc(-c2ncc3c(n2)CCC(CN)C3)cc1. The summed E-state index contributed by atoms with van der Waals surface area (Å²) < 4.78 is 0. The van der Waals surface area contributed by atoms with Crippen LogP contribution in [0.1, 0.15) is 24.6 Å². The first-order valence-corrected chi connectivity index (χ1v) is 8.56. The van der Waals surface area contributed by atoms with Crippen LogP contribution in [0.15, 0.2) is 35.4 Å². The molecule has 0 saturated heterocycles. The maximum Gasteiger partial charge on any atom is 0.159 e. The predicted molar refractivity (Wildman–Crippen MR) is 88.4 cm³/mol. The lowest BCUT2D eigenvalue weighted by molar-refractivity contribution is 0.462. The third-order valence-corrected chi connectivity index (χ3v) is 4.90. The number of fused-ring (bicyclic) bond motifs is 1. The molecule has 1 aromatic carbocycles. The van der Waals surface area contributed by atoms with Crippen molar-refractivity contribution in [2.75, 3.05) is 12.3 Å². The van der Waals surface area contributed by atoms with E-state index in [4.69, 9.17) is 10.7 Å². The van der Waals surface area contributed by atoms with Crippen molar-refractivity contribution < 1.29 is 0 Å². The van der Waals surface area contributed by atoms with Crippen molar-refractivity contribution in [2.24, 2.45) is 11.7 Å². The molecular weight excluding hydrogens is 278 g/mol. The van der Waals surface area contributed by atoms with E-state index in [0.717, 1.165) is 42.9 Å². The molecule has 3 rings (SSSR count). The molecule has 4 heteroatoms. The largest absolute Gasteiger partial charge is 0.330 e. The van der Waals surface area contributed by atoms with E-state index in [0.29, 0.717) is 5.92 Å². The van der Waals surface area contributed by atoms with E-state index < -0.39 is 0 Å². The smallest absolute Gasteiger partial charge is 0.159 e. The first-order valence-electron chi connectivity index (χ1n) is 7.58. The zero-order chi connectivity index (χ0) is 14.7. The molecule has 1 atom stereocenters. The number of nitrogens with zero attached hydrogens (tertiary/aromatic N) is 2. The van der Waals surface area contributed by atoms with Crippen molar-refractivity contribution in [1.29, 1.82) is 0 Å². The summed E-state index contributed by atoms with van der Waals surface area (Å²) >= 11 is 1.85. The van der Waals surface area contributed by atoms with Crippen LogP contribution < -0.4 is 5.73 Å². The fourth-order valence-electron chi connectivity index (χ4n) is 2.79. The Balaban J connectivity index is 1.83. The van der Waals surface area contributed by atoms with Gasteiger partial charge < -0.3 is 5.73 Å². The fourth-order valence-corrected chi connectivity index (χ4v) is 3.45. The van der Waals surface area contributed by atoms with Gasteiger partial charge in [0.15, 0.2) is 5.82 Å². The van der Waals surface area contributed by atoms with Gasteiger partial charge in [0.05, 0.1) is 0 Å². The van der Waals surface area contributed by atoms with Crippen molar-refractivity contribution >= 4 is 11.8 Å². The summed E-state index contributed by atoms with van der Waals surface area (Å²) in [5, 5.41) is 0. The predicted octanol–water partition coefficient (Wildman–Crippen LogP) is 3.32. The van der Waals surface area contributed by atoms with Crippen LogP contribution in [0.5, 0.6) is 0 Å². The summed E-state index contributed by atoms with van der Waals surface area (Å²) in [7, 11) is 0. The number of aromatic nitrogens is 2. The monoisotopic (exact) mass is 299 g/mol. The Labute approximate surface area is 130 Å². The summed E-state index contributed by atoms with van der Waals surface area (Å²) in [5.74, 6) is 2.53. The molecule has 1 heterocycles. The lowest BCUT2D eigenvalue weighted by atomic mass is 9.87.